The van der Waals surface area contributed by atoms with Gasteiger partial charge >= 0.3 is 0 Å². The molecule has 142 valence electrons. The second-order valence-electron chi connectivity index (χ2n) is 7.63. The standard InChI is InChI=1S/C20H29N3O3/c1-13(18-17(14(2)24)20(26)22-18)19(25)21-16-8-10-23(11-9-16)12-15-6-4-3-5-7-15/h3-7,13-14,16-18,24H,8-12H2,1-2H3,(H,21,25)(H,22,26)/t13?,14?,17-,18-/m1/s1. The molecule has 6 nitrogen and oxygen atoms in total. The largest absolute Gasteiger partial charge is 0.393 e. The van der Waals surface area contributed by atoms with Crippen LogP contribution in [0.2, 0.25) is 0 Å². The normalized spacial score (nSPS) is 26.5. The van der Waals surface area contributed by atoms with Gasteiger partial charge < -0.3 is 15.7 Å². The highest BCUT2D eigenvalue weighted by Gasteiger charge is 2.47. The number of amides is 2. The average Bonchev–Trinajstić information content (AvgIpc) is 2.61. The third kappa shape index (κ3) is 4.24. The molecule has 0 bridgehead atoms. The highest BCUT2D eigenvalue weighted by atomic mass is 16.3. The number of nitrogens with zero attached hydrogens (tertiary/aromatic N) is 1. The molecule has 3 rings (SSSR count). The van der Waals surface area contributed by atoms with E-state index in [-0.39, 0.29) is 29.8 Å². The fourth-order valence-electron chi connectivity index (χ4n) is 3.95. The number of benzene rings is 1. The van der Waals surface area contributed by atoms with E-state index in [1.807, 2.05) is 13.0 Å². The van der Waals surface area contributed by atoms with Gasteiger partial charge in [0.15, 0.2) is 0 Å². The van der Waals surface area contributed by atoms with Crippen molar-refractivity contribution in [3.63, 3.8) is 0 Å². The molecule has 2 amide bonds. The molecule has 2 unspecified atom stereocenters. The van der Waals surface area contributed by atoms with Crippen molar-refractivity contribution >= 4 is 11.8 Å². The second-order valence-corrected chi connectivity index (χ2v) is 7.63. The molecule has 0 radical (unpaired) electrons. The number of hydrogen-bond donors (Lipinski definition) is 3. The molecule has 0 aromatic heterocycles. The monoisotopic (exact) mass is 359 g/mol. The third-order valence-electron chi connectivity index (χ3n) is 5.65. The number of aliphatic hydroxyl groups is 1. The lowest BCUT2D eigenvalue weighted by atomic mass is 9.78. The number of piperidine rings is 1. The number of rotatable bonds is 6. The average molecular weight is 359 g/mol. The van der Waals surface area contributed by atoms with Gasteiger partial charge in [-0.1, -0.05) is 37.3 Å². The van der Waals surface area contributed by atoms with Crippen molar-refractivity contribution in [2.75, 3.05) is 13.1 Å². The molecule has 4 atom stereocenters. The van der Waals surface area contributed by atoms with Crippen LogP contribution in [0.5, 0.6) is 0 Å². The van der Waals surface area contributed by atoms with Crippen molar-refractivity contribution in [1.29, 1.82) is 0 Å². The van der Waals surface area contributed by atoms with E-state index in [2.05, 4.69) is 39.8 Å². The molecule has 0 saturated carbocycles. The number of aliphatic hydroxyl groups excluding tert-OH is 1. The molecule has 26 heavy (non-hydrogen) atoms. The minimum absolute atomic E-state index is 0.0397. The van der Waals surface area contributed by atoms with Gasteiger partial charge in [0.05, 0.1) is 24.0 Å². The number of nitrogens with one attached hydrogen (secondary N) is 2. The van der Waals surface area contributed by atoms with Crippen molar-refractivity contribution in [2.45, 2.75) is 51.4 Å². The predicted molar refractivity (Wildman–Crippen MR) is 99.1 cm³/mol. The van der Waals surface area contributed by atoms with Gasteiger partial charge in [-0.15, -0.1) is 0 Å². The molecule has 1 aromatic carbocycles. The molecular formula is C20H29N3O3. The predicted octanol–water partition coefficient (Wildman–Crippen LogP) is 0.899. The summed E-state index contributed by atoms with van der Waals surface area (Å²) in [4.78, 5) is 26.5. The molecule has 1 aromatic rings. The Kier molecular flexibility index (Phi) is 5.94. The van der Waals surface area contributed by atoms with Gasteiger partial charge in [0.2, 0.25) is 11.8 Å². The molecular weight excluding hydrogens is 330 g/mol. The summed E-state index contributed by atoms with van der Waals surface area (Å²) in [7, 11) is 0. The fraction of sp³-hybridized carbons (Fsp3) is 0.600. The highest BCUT2D eigenvalue weighted by Crippen LogP contribution is 2.26. The lowest BCUT2D eigenvalue weighted by molar-refractivity contribution is -0.145. The Morgan fingerprint density at radius 1 is 1.27 bits per heavy atom. The molecule has 2 aliphatic heterocycles. The van der Waals surface area contributed by atoms with Crippen LogP contribution >= 0.6 is 0 Å². The number of likely N-dealkylation sites (tertiary alicyclic amines) is 1. The first kappa shape index (κ1) is 18.9. The van der Waals surface area contributed by atoms with E-state index in [1.54, 1.807) is 6.92 Å². The van der Waals surface area contributed by atoms with E-state index < -0.39 is 12.0 Å². The first-order valence-corrected chi connectivity index (χ1v) is 9.51. The second kappa shape index (κ2) is 8.18. The van der Waals surface area contributed by atoms with Crippen LogP contribution in [-0.4, -0.2) is 53.1 Å². The van der Waals surface area contributed by atoms with Crippen molar-refractivity contribution in [3.8, 4) is 0 Å². The summed E-state index contributed by atoms with van der Waals surface area (Å²) in [5, 5.41) is 15.6. The zero-order valence-corrected chi connectivity index (χ0v) is 15.5. The van der Waals surface area contributed by atoms with Crippen molar-refractivity contribution in [3.05, 3.63) is 35.9 Å². The maximum atomic E-state index is 12.5. The van der Waals surface area contributed by atoms with Gasteiger partial charge in [0, 0.05) is 25.7 Å². The van der Waals surface area contributed by atoms with Gasteiger partial charge in [0.25, 0.3) is 0 Å². The third-order valence-corrected chi connectivity index (χ3v) is 5.65. The molecule has 0 spiro atoms. The summed E-state index contributed by atoms with van der Waals surface area (Å²) in [6, 6.07) is 10.3. The van der Waals surface area contributed by atoms with Gasteiger partial charge in [-0.05, 0) is 25.3 Å². The molecule has 2 heterocycles. The summed E-state index contributed by atoms with van der Waals surface area (Å²) < 4.78 is 0. The van der Waals surface area contributed by atoms with Crippen LogP contribution in [0.15, 0.2) is 30.3 Å². The number of carbonyl (C=O) groups is 2. The summed E-state index contributed by atoms with van der Waals surface area (Å²) in [6.45, 7) is 6.29. The number of carbonyl (C=O) groups excluding carboxylic acids is 2. The molecule has 2 fully saturated rings. The zero-order chi connectivity index (χ0) is 18.7. The number of hydrogen-bond acceptors (Lipinski definition) is 4. The van der Waals surface area contributed by atoms with Crippen LogP contribution in [0.4, 0.5) is 0 Å². The summed E-state index contributed by atoms with van der Waals surface area (Å²) in [5.41, 5.74) is 1.31. The van der Waals surface area contributed by atoms with Gasteiger partial charge in [-0.3, -0.25) is 14.5 Å². The number of β-lactam (4-membered cyclic amide) rings is 1. The molecule has 2 saturated heterocycles. The van der Waals surface area contributed by atoms with Gasteiger partial charge in [-0.25, -0.2) is 0 Å². The van der Waals surface area contributed by atoms with Crippen molar-refractivity contribution in [1.82, 2.24) is 15.5 Å². The molecule has 2 aliphatic rings. The van der Waals surface area contributed by atoms with Crippen LogP contribution in [0, 0.1) is 11.8 Å². The minimum atomic E-state index is -0.731. The van der Waals surface area contributed by atoms with Gasteiger partial charge in [0.1, 0.15) is 0 Å². The van der Waals surface area contributed by atoms with Crippen molar-refractivity contribution < 1.29 is 14.7 Å². The van der Waals surface area contributed by atoms with E-state index in [9.17, 15) is 14.7 Å². The lowest BCUT2D eigenvalue weighted by Crippen LogP contribution is -2.66. The quantitative estimate of drug-likeness (QED) is 0.659. The zero-order valence-electron chi connectivity index (χ0n) is 15.5. The Balaban J connectivity index is 1.44. The Morgan fingerprint density at radius 3 is 2.50 bits per heavy atom. The summed E-state index contributed by atoms with van der Waals surface area (Å²) >= 11 is 0. The van der Waals surface area contributed by atoms with Gasteiger partial charge in [-0.2, -0.15) is 0 Å². The van der Waals surface area contributed by atoms with E-state index in [0.29, 0.717) is 0 Å². The van der Waals surface area contributed by atoms with Crippen molar-refractivity contribution in [2.24, 2.45) is 11.8 Å². The lowest BCUT2D eigenvalue weighted by Gasteiger charge is -2.42. The first-order valence-electron chi connectivity index (χ1n) is 9.51. The summed E-state index contributed by atoms with van der Waals surface area (Å²) in [6.07, 6.45) is 1.13. The molecule has 6 heteroatoms. The summed E-state index contributed by atoms with van der Waals surface area (Å²) in [5.74, 6) is -1.03. The highest BCUT2D eigenvalue weighted by molar-refractivity contribution is 5.90. The maximum Gasteiger partial charge on any atom is 0.228 e. The van der Waals surface area contributed by atoms with Crippen LogP contribution < -0.4 is 10.6 Å². The van der Waals surface area contributed by atoms with Crippen LogP contribution in [0.25, 0.3) is 0 Å². The maximum absolute atomic E-state index is 12.5. The minimum Gasteiger partial charge on any atom is -0.393 e. The van der Waals surface area contributed by atoms with Crippen LogP contribution in [-0.2, 0) is 16.1 Å². The Labute approximate surface area is 155 Å². The fourth-order valence-corrected chi connectivity index (χ4v) is 3.95. The first-order chi connectivity index (χ1) is 12.5. The Morgan fingerprint density at radius 2 is 1.92 bits per heavy atom. The SMILES string of the molecule is CC(C(=O)NC1CCN(Cc2ccccc2)CC1)[C@H]1NC(=O)[C@@H]1C(C)O. The van der Waals surface area contributed by atoms with E-state index >= 15 is 0 Å². The van der Waals surface area contributed by atoms with E-state index in [0.717, 1.165) is 32.5 Å². The van der Waals surface area contributed by atoms with Crippen LogP contribution in [0.3, 0.4) is 0 Å². The smallest absolute Gasteiger partial charge is 0.228 e. The molecule has 0 aliphatic carbocycles. The van der Waals surface area contributed by atoms with E-state index in [1.165, 1.54) is 5.56 Å². The topological polar surface area (TPSA) is 81.7 Å². The Bertz CT molecular complexity index is 626. The molecule has 3 N–H and O–H groups in total. The van der Waals surface area contributed by atoms with Crippen LogP contribution in [0.1, 0.15) is 32.3 Å². The Hall–Kier alpha value is -1.92. The van der Waals surface area contributed by atoms with E-state index in [4.69, 9.17) is 0 Å².